The third-order valence-electron chi connectivity index (χ3n) is 3.64. The van der Waals surface area contributed by atoms with Crippen LogP contribution in [-0.2, 0) is 14.3 Å². The van der Waals surface area contributed by atoms with Crippen LogP contribution >= 0.6 is 22.7 Å². The van der Waals surface area contributed by atoms with E-state index in [0.29, 0.717) is 17.1 Å². The minimum absolute atomic E-state index is 0.0709. The second kappa shape index (κ2) is 7.87. The van der Waals surface area contributed by atoms with E-state index in [-0.39, 0.29) is 18.6 Å². The van der Waals surface area contributed by atoms with Crippen molar-refractivity contribution in [1.82, 2.24) is 10.3 Å². The van der Waals surface area contributed by atoms with E-state index in [0.717, 1.165) is 30.0 Å². The Labute approximate surface area is 147 Å². The number of nitrogens with one attached hydrogen (secondary N) is 1. The molecule has 128 valence electrons. The molecule has 1 N–H and O–H groups in total. The molecule has 0 saturated carbocycles. The molecule has 1 aliphatic heterocycles. The number of aryl methyl sites for hydroxylation is 1. The normalized spacial score (nSPS) is 17.0. The van der Waals surface area contributed by atoms with Crippen LogP contribution in [0.3, 0.4) is 0 Å². The second-order valence-electron chi connectivity index (χ2n) is 5.46. The molecule has 3 rings (SSSR count). The summed E-state index contributed by atoms with van der Waals surface area (Å²) in [5.74, 6) is -0.835. The van der Waals surface area contributed by atoms with E-state index in [9.17, 15) is 9.59 Å². The number of hydrogen-bond donors (Lipinski definition) is 1. The third-order valence-corrected chi connectivity index (χ3v) is 5.51. The Hall–Kier alpha value is -1.77. The van der Waals surface area contributed by atoms with Crippen molar-refractivity contribution in [1.29, 1.82) is 0 Å². The van der Waals surface area contributed by atoms with Gasteiger partial charge in [0.1, 0.15) is 9.88 Å². The zero-order chi connectivity index (χ0) is 16.9. The van der Waals surface area contributed by atoms with Crippen LogP contribution in [0.1, 0.15) is 28.2 Å². The van der Waals surface area contributed by atoms with Crippen LogP contribution in [0.4, 0.5) is 0 Å². The quantitative estimate of drug-likeness (QED) is 0.795. The fourth-order valence-electron chi connectivity index (χ4n) is 2.38. The average Bonchev–Trinajstić information content (AvgIpc) is 3.30. The van der Waals surface area contributed by atoms with Crippen LogP contribution in [0.25, 0.3) is 10.6 Å². The van der Waals surface area contributed by atoms with Crippen molar-refractivity contribution in [3.05, 3.63) is 27.4 Å². The van der Waals surface area contributed by atoms with Gasteiger partial charge in [0.25, 0.3) is 5.91 Å². The summed E-state index contributed by atoms with van der Waals surface area (Å²) in [6.45, 7) is 2.67. The van der Waals surface area contributed by atoms with Gasteiger partial charge in [-0.15, -0.1) is 11.3 Å². The van der Waals surface area contributed by atoms with Gasteiger partial charge in [-0.25, -0.2) is 9.78 Å². The molecule has 1 saturated heterocycles. The van der Waals surface area contributed by atoms with Crippen LogP contribution in [0.2, 0.25) is 0 Å². The smallest absolute Gasteiger partial charge is 0.350 e. The van der Waals surface area contributed by atoms with Gasteiger partial charge in [0.15, 0.2) is 6.61 Å². The molecule has 0 aliphatic carbocycles. The summed E-state index contributed by atoms with van der Waals surface area (Å²) in [6.07, 6.45) is 2.04. The second-order valence-corrected chi connectivity index (χ2v) is 7.24. The number of hydrogen-bond acceptors (Lipinski definition) is 7. The van der Waals surface area contributed by atoms with Crippen molar-refractivity contribution in [2.45, 2.75) is 25.9 Å². The van der Waals surface area contributed by atoms with Crippen molar-refractivity contribution in [2.24, 2.45) is 0 Å². The maximum atomic E-state index is 12.2. The van der Waals surface area contributed by atoms with Crippen molar-refractivity contribution in [3.63, 3.8) is 0 Å². The van der Waals surface area contributed by atoms with Gasteiger partial charge < -0.3 is 14.8 Å². The summed E-state index contributed by atoms with van der Waals surface area (Å²) in [5.41, 5.74) is 1.60. The number of ether oxygens (including phenoxy) is 2. The van der Waals surface area contributed by atoms with Crippen LogP contribution in [0, 0.1) is 6.92 Å². The first kappa shape index (κ1) is 17.1. The minimum Gasteiger partial charge on any atom is -0.451 e. The Morgan fingerprint density at radius 2 is 2.38 bits per heavy atom. The monoisotopic (exact) mass is 366 g/mol. The van der Waals surface area contributed by atoms with Crippen molar-refractivity contribution < 1.29 is 19.1 Å². The zero-order valence-electron chi connectivity index (χ0n) is 13.2. The standard InChI is InChI=1S/C16H18N2O4S2/c1-10-14(24-15(18-10)11-4-6-23-9-11)16(20)22-8-13(19)17-7-12-3-2-5-21-12/h4,6,9,12H,2-3,5,7-8H2,1H3,(H,17,19)/t12-/m1/s1. The lowest BCUT2D eigenvalue weighted by atomic mass is 10.2. The lowest BCUT2D eigenvalue weighted by Gasteiger charge is -2.10. The molecule has 0 unspecified atom stereocenters. The summed E-state index contributed by atoms with van der Waals surface area (Å²) in [7, 11) is 0. The first-order valence-corrected chi connectivity index (χ1v) is 9.45. The molecular weight excluding hydrogens is 348 g/mol. The lowest BCUT2D eigenvalue weighted by molar-refractivity contribution is -0.124. The van der Waals surface area contributed by atoms with Crippen molar-refractivity contribution >= 4 is 34.6 Å². The number of esters is 1. The molecule has 1 atom stereocenters. The highest BCUT2D eigenvalue weighted by atomic mass is 32.1. The molecule has 0 aromatic carbocycles. The summed E-state index contributed by atoms with van der Waals surface area (Å²) in [4.78, 5) is 28.7. The fraction of sp³-hybridized carbons (Fsp3) is 0.438. The van der Waals surface area contributed by atoms with Gasteiger partial charge in [-0.3, -0.25) is 4.79 Å². The summed E-state index contributed by atoms with van der Waals surface area (Å²) >= 11 is 2.86. The van der Waals surface area contributed by atoms with Crippen molar-refractivity contribution in [2.75, 3.05) is 19.8 Å². The molecule has 0 radical (unpaired) electrons. The number of aromatic nitrogens is 1. The molecule has 1 aliphatic rings. The third kappa shape index (κ3) is 4.19. The summed E-state index contributed by atoms with van der Waals surface area (Å²) < 4.78 is 10.5. The molecule has 1 fully saturated rings. The average molecular weight is 366 g/mol. The molecule has 6 nitrogen and oxygen atoms in total. The molecule has 8 heteroatoms. The molecule has 2 aromatic rings. The van der Waals surface area contributed by atoms with Crippen LogP contribution < -0.4 is 5.32 Å². The van der Waals surface area contributed by atoms with E-state index in [1.54, 1.807) is 18.3 Å². The largest absolute Gasteiger partial charge is 0.451 e. The Balaban J connectivity index is 1.50. The Morgan fingerprint density at radius 3 is 3.08 bits per heavy atom. The molecule has 2 aromatic heterocycles. The van der Waals surface area contributed by atoms with Gasteiger partial charge in [0.2, 0.25) is 0 Å². The van der Waals surface area contributed by atoms with Gasteiger partial charge >= 0.3 is 5.97 Å². The molecule has 0 spiro atoms. The van der Waals surface area contributed by atoms with Gasteiger partial charge in [0, 0.05) is 24.1 Å². The number of thiazole rings is 1. The number of carbonyl (C=O) groups excluding carboxylic acids is 2. The summed E-state index contributed by atoms with van der Waals surface area (Å²) in [5, 5.41) is 7.44. The predicted molar refractivity (Wildman–Crippen MR) is 92.4 cm³/mol. The van der Waals surface area contributed by atoms with E-state index in [2.05, 4.69) is 10.3 Å². The maximum absolute atomic E-state index is 12.2. The van der Waals surface area contributed by atoms with Gasteiger partial charge in [-0.05, 0) is 31.2 Å². The van der Waals surface area contributed by atoms with E-state index in [1.165, 1.54) is 11.3 Å². The van der Waals surface area contributed by atoms with Crippen LogP contribution in [0.15, 0.2) is 16.8 Å². The Bertz CT molecular complexity index is 706. The predicted octanol–water partition coefficient (Wildman–Crippen LogP) is 2.63. The van der Waals surface area contributed by atoms with E-state index >= 15 is 0 Å². The lowest BCUT2D eigenvalue weighted by Crippen LogP contribution is -2.34. The first-order chi connectivity index (χ1) is 11.6. The van der Waals surface area contributed by atoms with Crippen LogP contribution in [-0.4, -0.2) is 42.7 Å². The SMILES string of the molecule is Cc1nc(-c2ccsc2)sc1C(=O)OCC(=O)NC[C@H]1CCCO1. The van der Waals surface area contributed by atoms with Gasteiger partial charge in [0.05, 0.1) is 11.8 Å². The Morgan fingerprint density at radius 1 is 1.50 bits per heavy atom. The highest BCUT2D eigenvalue weighted by molar-refractivity contribution is 7.17. The molecule has 0 bridgehead atoms. The topological polar surface area (TPSA) is 77.5 Å². The van der Waals surface area contributed by atoms with Gasteiger partial charge in [-0.2, -0.15) is 11.3 Å². The molecule has 1 amide bonds. The highest BCUT2D eigenvalue weighted by Gasteiger charge is 2.20. The molecular formula is C16H18N2O4S2. The molecule has 3 heterocycles. The number of amides is 1. The van der Waals surface area contributed by atoms with Crippen LogP contribution in [0.5, 0.6) is 0 Å². The van der Waals surface area contributed by atoms with E-state index < -0.39 is 5.97 Å². The number of rotatable bonds is 6. The number of carbonyl (C=O) groups is 2. The maximum Gasteiger partial charge on any atom is 0.350 e. The number of nitrogens with zero attached hydrogens (tertiary/aromatic N) is 1. The highest BCUT2D eigenvalue weighted by Crippen LogP contribution is 2.29. The minimum atomic E-state index is -0.515. The number of thiophene rings is 1. The Kier molecular flexibility index (Phi) is 5.60. The molecule has 24 heavy (non-hydrogen) atoms. The van der Waals surface area contributed by atoms with E-state index in [1.807, 2.05) is 16.8 Å². The van der Waals surface area contributed by atoms with E-state index in [4.69, 9.17) is 9.47 Å². The summed E-state index contributed by atoms with van der Waals surface area (Å²) in [6, 6.07) is 1.95. The van der Waals surface area contributed by atoms with Gasteiger partial charge in [-0.1, -0.05) is 0 Å². The van der Waals surface area contributed by atoms with Crippen molar-refractivity contribution in [3.8, 4) is 10.6 Å². The zero-order valence-corrected chi connectivity index (χ0v) is 14.9. The first-order valence-electron chi connectivity index (χ1n) is 7.69. The fourth-order valence-corrected chi connectivity index (χ4v) is 4.05.